The van der Waals surface area contributed by atoms with Gasteiger partial charge in [0.15, 0.2) is 11.5 Å². The Balaban J connectivity index is 1.93. The van der Waals surface area contributed by atoms with Crippen LogP contribution in [0.1, 0.15) is 17.5 Å². The van der Waals surface area contributed by atoms with E-state index < -0.39 is 0 Å². The molecule has 0 bridgehead atoms. The van der Waals surface area contributed by atoms with Gasteiger partial charge in [-0.2, -0.15) is 0 Å². The van der Waals surface area contributed by atoms with Crippen molar-refractivity contribution in [3.63, 3.8) is 0 Å². The summed E-state index contributed by atoms with van der Waals surface area (Å²) < 4.78 is 10.5. The number of aromatic nitrogens is 1. The molecule has 2 aromatic rings. The van der Waals surface area contributed by atoms with E-state index in [-0.39, 0.29) is 5.91 Å². The Bertz CT molecular complexity index is 656. The van der Waals surface area contributed by atoms with Crippen molar-refractivity contribution in [2.45, 2.75) is 19.8 Å². The van der Waals surface area contributed by atoms with Crippen molar-refractivity contribution < 1.29 is 14.3 Å². The number of ether oxygens (including phenoxy) is 2. The smallest absolute Gasteiger partial charge is 0.225 e. The van der Waals surface area contributed by atoms with E-state index in [4.69, 9.17) is 9.47 Å². The Morgan fingerprint density at radius 1 is 1.14 bits per heavy atom. The van der Waals surface area contributed by atoms with Crippen LogP contribution in [-0.2, 0) is 11.2 Å². The Kier molecular flexibility index (Phi) is 5.36. The number of nitrogens with zero attached hydrogens (tertiary/aromatic N) is 1. The molecule has 0 unspecified atom stereocenters. The minimum absolute atomic E-state index is 0.0621. The molecule has 5 nitrogen and oxygen atoms in total. The summed E-state index contributed by atoms with van der Waals surface area (Å²) in [6, 6.07) is 9.39. The van der Waals surface area contributed by atoms with Crippen LogP contribution in [0.15, 0.2) is 36.5 Å². The molecule has 1 aromatic carbocycles. The molecular formula is C17H20N2O3. The predicted molar refractivity (Wildman–Crippen MR) is 85.5 cm³/mol. The summed E-state index contributed by atoms with van der Waals surface area (Å²) in [6.45, 7) is 1.96. The maximum Gasteiger partial charge on any atom is 0.225 e. The fourth-order valence-electron chi connectivity index (χ4n) is 2.10. The standard InChI is InChI=1S/C17H20N2O3/c1-12-8-9-18-16(10-12)19-17(20)7-5-13-4-6-14(21-2)15(11-13)22-3/h4,6,8-11H,5,7H2,1-3H3,(H,18,19,20). The summed E-state index contributed by atoms with van der Waals surface area (Å²) >= 11 is 0. The molecule has 22 heavy (non-hydrogen) atoms. The maximum atomic E-state index is 12.0. The average Bonchev–Trinajstić information content (AvgIpc) is 2.52. The molecule has 0 spiro atoms. The molecule has 0 aliphatic heterocycles. The molecule has 0 fully saturated rings. The quantitative estimate of drug-likeness (QED) is 0.891. The van der Waals surface area contributed by atoms with E-state index in [1.807, 2.05) is 37.3 Å². The van der Waals surface area contributed by atoms with Crippen LogP contribution >= 0.6 is 0 Å². The summed E-state index contributed by atoms with van der Waals surface area (Å²) in [5, 5.41) is 2.80. The Morgan fingerprint density at radius 3 is 2.59 bits per heavy atom. The molecule has 0 saturated heterocycles. The highest BCUT2D eigenvalue weighted by molar-refractivity contribution is 5.89. The first kappa shape index (κ1) is 15.8. The molecule has 0 aliphatic carbocycles. The zero-order valence-corrected chi connectivity index (χ0v) is 13.1. The van der Waals surface area contributed by atoms with E-state index in [9.17, 15) is 4.79 Å². The number of carbonyl (C=O) groups is 1. The Labute approximate surface area is 130 Å². The molecule has 5 heteroatoms. The number of pyridine rings is 1. The number of methoxy groups -OCH3 is 2. The highest BCUT2D eigenvalue weighted by Crippen LogP contribution is 2.27. The molecule has 1 N–H and O–H groups in total. The van der Waals surface area contributed by atoms with E-state index in [0.717, 1.165) is 11.1 Å². The lowest BCUT2D eigenvalue weighted by Gasteiger charge is -2.09. The van der Waals surface area contributed by atoms with Gasteiger partial charge in [-0.25, -0.2) is 4.98 Å². The van der Waals surface area contributed by atoms with Crippen LogP contribution in [0.5, 0.6) is 11.5 Å². The molecule has 0 radical (unpaired) electrons. The normalized spacial score (nSPS) is 10.1. The molecular weight excluding hydrogens is 280 g/mol. The maximum absolute atomic E-state index is 12.0. The van der Waals surface area contributed by atoms with Crippen molar-refractivity contribution in [3.8, 4) is 11.5 Å². The fraction of sp³-hybridized carbons (Fsp3) is 0.294. The number of rotatable bonds is 6. The zero-order valence-electron chi connectivity index (χ0n) is 13.1. The van der Waals surface area contributed by atoms with Crippen molar-refractivity contribution in [1.29, 1.82) is 0 Å². The van der Waals surface area contributed by atoms with Crippen LogP contribution in [0, 0.1) is 6.92 Å². The molecule has 116 valence electrons. The van der Waals surface area contributed by atoms with Gasteiger partial charge < -0.3 is 14.8 Å². The van der Waals surface area contributed by atoms with Gasteiger partial charge in [0.2, 0.25) is 5.91 Å². The van der Waals surface area contributed by atoms with Crippen molar-refractivity contribution in [2.75, 3.05) is 19.5 Å². The topological polar surface area (TPSA) is 60.5 Å². The van der Waals surface area contributed by atoms with Gasteiger partial charge >= 0.3 is 0 Å². The van der Waals surface area contributed by atoms with Gasteiger partial charge in [0.05, 0.1) is 14.2 Å². The molecule has 0 aliphatic rings. The largest absolute Gasteiger partial charge is 0.493 e. The number of anilines is 1. The summed E-state index contributed by atoms with van der Waals surface area (Å²) in [5.41, 5.74) is 2.08. The molecule has 0 atom stereocenters. The first-order valence-corrected chi connectivity index (χ1v) is 7.06. The SMILES string of the molecule is COc1ccc(CCC(=O)Nc2cc(C)ccn2)cc1OC. The summed E-state index contributed by atoms with van der Waals surface area (Å²) in [6.07, 6.45) is 2.68. The van der Waals surface area contributed by atoms with E-state index in [0.29, 0.717) is 30.2 Å². The van der Waals surface area contributed by atoms with Gasteiger partial charge in [-0.05, 0) is 48.7 Å². The van der Waals surface area contributed by atoms with Gasteiger partial charge in [-0.15, -0.1) is 0 Å². The van der Waals surface area contributed by atoms with Crippen LogP contribution in [0.2, 0.25) is 0 Å². The van der Waals surface area contributed by atoms with Gasteiger partial charge in [0.1, 0.15) is 5.82 Å². The summed E-state index contributed by atoms with van der Waals surface area (Å²) in [5.74, 6) is 1.87. The molecule has 0 saturated carbocycles. The van der Waals surface area contributed by atoms with Crippen LogP contribution in [0.25, 0.3) is 0 Å². The number of aryl methyl sites for hydroxylation is 2. The average molecular weight is 300 g/mol. The lowest BCUT2D eigenvalue weighted by molar-refractivity contribution is -0.116. The summed E-state index contributed by atoms with van der Waals surface area (Å²) in [7, 11) is 3.19. The number of benzene rings is 1. The first-order chi connectivity index (χ1) is 10.6. The number of hydrogen-bond acceptors (Lipinski definition) is 4. The monoisotopic (exact) mass is 300 g/mol. The van der Waals surface area contributed by atoms with Crippen LogP contribution in [0.4, 0.5) is 5.82 Å². The lowest BCUT2D eigenvalue weighted by atomic mass is 10.1. The lowest BCUT2D eigenvalue weighted by Crippen LogP contribution is -2.13. The highest BCUT2D eigenvalue weighted by Gasteiger charge is 2.07. The zero-order chi connectivity index (χ0) is 15.9. The van der Waals surface area contributed by atoms with Gasteiger partial charge in [-0.1, -0.05) is 6.07 Å². The van der Waals surface area contributed by atoms with Crippen molar-refractivity contribution in [2.24, 2.45) is 0 Å². The number of nitrogens with one attached hydrogen (secondary N) is 1. The van der Waals surface area contributed by atoms with E-state index in [1.165, 1.54) is 0 Å². The molecule has 1 aromatic heterocycles. The van der Waals surface area contributed by atoms with Crippen LogP contribution in [-0.4, -0.2) is 25.1 Å². The van der Waals surface area contributed by atoms with Gasteiger partial charge in [-0.3, -0.25) is 4.79 Å². The highest BCUT2D eigenvalue weighted by atomic mass is 16.5. The second-order valence-electron chi connectivity index (χ2n) is 4.96. The number of hydrogen-bond donors (Lipinski definition) is 1. The van der Waals surface area contributed by atoms with Gasteiger partial charge in [0, 0.05) is 12.6 Å². The number of amides is 1. The fourth-order valence-corrected chi connectivity index (χ4v) is 2.10. The number of carbonyl (C=O) groups excluding carboxylic acids is 1. The second-order valence-corrected chi connectivity index (χ2v) is 4.96. The van der Waals surface area contributed by atoms with E-state index >= 15 is 0 Å². The predicted octanol–water partition coefficient (Wildman–Crippen LogP) is 2.98. The Hall–Kier alpha value is -2.56. The van der Waals surface area contributed by atoms with Crippen molar-refractivity contribution in [3.05, 3.63) is 47.7 Å². The second kappa shape index (κ2) is 7.45. The third kappa shape index (κ3) is 4.22. The molecule has 2 rings (SSSR count). The minimum atomic E-state index is -0.0621. The minimum Gasteiger partial charge on any atom is -0.493 e. The molecule has 1 heterocycles. The van der Waals surface area contributed by atoms with Gasteiger partial charge in [0.25, 0.3) is 0 Å². The Morgan fingerprint density at radius 2 is 1.91 bits per heavy atom. The third-order valence-electron chi connectivity index (χ3n) is 3.27. The van der Waals surface area contributed by atoms with Crippen LogP contribution < -0.4 is 14.8 Å². The van der Waals surface area contributed by atoms with E-state index in [1.54, 1.807) is 20.4 Å². The van der Waals surface area contributed by atoms with Crippen molar-refractivity contribution >= 4 is 11.7 Å². The summed E-state index contributed by atoms with van der Waals surface area (Å²) in [4.78, 5) is 16.1. The van der Waals surface area contributed by atoms with E-state index in [2.05, 4.69) is 10.3 Å². The third-order valence-corrected chi connectivity index (χ3v) is 3.27. The first-order valence-electron chi connectivity index (χ1n) is 7.06. The van der Waals surface area contributed by atoms with Crippen LogP contribution in [0.3, 0.4) is 0 Å². The molecule has 1 amide bonds. The van der Waals surface area contributed by atoms with Crippen molar-refractivity contribution in [1.82, 2.24) is 4.98 Å².